The molecule has 1 aromatic heterocycles. The minimum Gasteiger partial charge on any atom is -0.396 e. The van der Waals surface area contributed by atoms with Gasteiger partial charge >= 0.3 is 0 Å². The van der Waals surface area contributed by atoms with E-state index in [0.717, 1.165) is 13.0 Å². The van der Waals surface area contributed by atoms with E-state index in [1.165, 1.54) is 32.1 Å². The molecule has 0 aliphatic carbocycles. The molecule has 1 aromatic rings. The van der Waals surface area contributed by atoms with E-state index in [-0.39, 0.29) is 5.91 Å². The molecule has 3 N–H and O–H groups in total. The molecule has 5 heteroatoms. The maximum atomic E-state index is 11.9. The Morgan fingerprint density at radius 2 is 1.95 bits per heavy atom. The van der Waals surface area contributed by atoms with Crippen LogP contribution in [0.1, 0.15) is 62.9 Å². The van der Waals surface area contributed by atoms with Crippen LogP contribution in [0.2, 0.25) is 0 Å². The van der Waals surface area contributed by atoms with Gasteiger partial charge in [0.05, 0.1) is 5.69 Å². The first-order valence-electron chi connectivity index (χ1n) is 7.30. The predicted molar refractivity (Wildman–Crippen MR) is 78.0 cm³/mol. The first-order valence-corrected chi connectivity index (χ1v) is 7.30. The van der Waals surface area contributed by atoms with E-state index in [2.05, 4.69) is 17.3 Å². The third-order valence-corrected chi connectivity index (χ3v) is 3.14. The van der Waals surface area contributed by atoms with Crippen LogP contribution in [0.5, 0.6) is 0 Å². The molecule has 0 saturated carbocycles. The summed E-state index contributed by atoms with van der Waals surface area (Å²) in [6.45, 7) is 5.59. The molecule has 0 atom stereocenters. The van der Waals surface area contributed by atoms with Crippen LogP contribution in [-0.2, 0) is 6.54 Å². The summed E-state index contributed by atoms with van der Waals surface area (Å²) < 4.78 is 1.68. The minimum absolute atomic E-state index is 0.168. The van der Waals surface area contributed by atoms with Gasteiger partial charge in [-0.25, -0.2) is 0 Å². The molecule has 1 rings (SSSR count). The van der Waals surface area contributed by atoms with Crippen molar-refractivity contribution in [2.24, 2.45) is 0 Å². The molecule has 0 aromatic carbocycles. The number of nitrogens with two attached hydrogens (primary N) is 1. The Kier molecular flexibility index (Phi) is 7.00. The SMILES string of the molecule is CCCCCCCCNC(=O)c1nn(CC)cc1N. The summed E-state index contributed by atoms with van der Waals surface area (Å²) >= 11 is 0. The number of carbonyl (C=O) groups is 1. The van der Waals surface area contributed by atoms with Gasteiger partial charge in [-0.15, -0.1) is 0 Å². The zero-order valence-electron chi connectivity index (χ0n) is 12.1. The zero-order chi connectivity index (χ0) is 14.1. The lowest BCUT2D eigenvalue weighted by Crippen LogP contribution is -2.25. The summed E-state index contributed by atoms with van der Waals surface area (Å²) in [6.07, 6.45) is 8.98. The molecule has 0 spiro atoms. The normalized spacial score (nSPS) is 10.6. The van der Waals surface area contributed by atoms with Crippen LogP contribution in [0.3, 0.4) is 0 Å². The fourth-order valence-corrected chi connectivity index (χ4v) is 1.97. The van der Waals surface area contributed by atoms with Crippen molar-refractivity contribution in [2.45, 2.75) is 58.9 Å². The molecule has 0 bridgehead atoms. The Morgan fingerprint density at radius 3 is 2.58 bits per heavy atom. The maximum Gasteiger partial charge on any atom is 0.273 e. The zero-order valence-corrected chi connectivity index (χ0v) is 12.1. The van der Waals surface area contributed by atoms with Gasteiger partial charge in [-0.05, 0) is 13.3 Å². The second-order valence-corrected chi connectivity index (χ2v) is 4.81. The van der Waals surface area contributed by atoms with Crippen molar-refractivity contribution in [2.75, 3.05) is 12.3 Å². The van der Waals surface area contributed by atoms with Gasteiger partial charge in [0.25, 0.3) is 5.91 Å². The highest BCUT2D eigenvalue weighted by Crippen LogP contribution is 2.09. The van der Waals surface area contributed by atoms with E-state index in [1.54, 1.807) is 10.9 Å². The van der Waals surface area contributed by atoms with Crippen LogP contribution in [0.15, 0.2) is 6.20 Å². The lowest BCUT2D eigenvalue weighted by Gasteiger charge is -2.04. The largest absolute Gasteiger partial charge is 0.396 e. The molecule has 0 fully saturated rings. The van der Waals surface area contributed by atoms with E-state index < -0.39 is 0 Å². The van der Waals surface area contributed by atoms with Gasteiger partial charge in [0.15, 0.2) is 5.69 Å². The lowest BCUT2D eigenvalue weighted by molar-refractivity contribution is 0.0948. The number of hydrogen-bond donors (Lipinski definition) is 2. The van der Waals surface area contributed by atoms with Crippen molar-refractivity contribution in [3.63, 3.8) is 0 Å². The highest BCUT2D eigenvalue weighted by molar-refractivity contribution is 5.96. The summed E-state index contributed by atoms with van der Waals surface area (Å²) in [5, 5.41) is 7.02. The van der Waals surface area contributed by atoms with Crippen LogP contribution in [0.25, 0.3) is 0 Å². The van der Waals surface area contributed by atoms with Gasteiger partial charge in [0, 0.05) is 19.3 Å². The highest BCUT2D eigenvalue weighted by atomic mass is 16.1. The van der Waals surface area contributed by atoms with Crippen LogP contribution in [0.4, 0.5) is 5.69 Å². The van der Waals surface area contributed by atoms with Crippen molar-refractivity contribution >= 4 is 11.6 Å². The first-order chi connectivity index (χ1) is 9.19. The van der Waals surface area contributed by atoms with Crippen molar-refractivity contribution in [1.29, 1.82) is 0 Å². The molecule has 0 aliphatic heterocycles. The molecule has 1 amide bonds. The molecular weight excluding hydrogens is 240 g/mol. The van der Waals surface area contributed by atoms with Gasteiger partial charge in [-0.1, -0.05) is 39.0 Å². The number of amides is 1. The van der Waals surface area contributed by atoms with Crippen molar-refractivity contribution in [3.8, 4) is 0 Å². The summed E-state index contributed by atoms with van der Waals surface area (Å²) in [4.78, 5) is 11.9. The molecule has 5 nitrogen and oxygen atoms in total. The van der Waals surface area contributed by atoms with Crippen molar-refractivity contribution < 1.29 is 4.79 Å². The van der Waals surface area contributed by atoms with E-state index in [0.29, 0.717) is 17.9 Å². The van der Waals surface area contributed by atoms with Crippen LogP contribution >= 0.6 is 0 Å². The number of hydrogen-bond acceptors (Lipinski definition) is 3. The molecule has 19 heavy (non-hydrogen) atoms. The van der Waals surface area contributed by atoms with E-state index >= 15 is 0 Å². The summed E-state index contributed by atoms with van der Waals surface area (Å²) in [5.41, 5.74) is 6.55. The Labute approximate surface area is 115 Å². The number of nitrogen functional groups attached to an aromatic ring is 1. The van der Waals surface area contributed by atoms with Gasteiger partial charge in [0.2, 0.25) is 0 Å². The number of carbonyl (C=O) groups excluding carboxylic acids is 1. The fraction of sp³-hybridized carbons (Fsp3) is 0.714. The number of rotatable bonds is 9. The number of unbranched alkanes of at least 4 members (excludes halogenated alkanes) is 5. The van der Waals surface area contributed by atoms with Gasteiger partial charge in [0.1, 0.15) is 0 Å². The quantitative estimate of drug-likeness (QED) is 0.675. The summed E-state index contributed by atoms with van der Waals surface area (Å²) in [7, 11) is 0. The minimum atomic E-state index is -0.168. The van der Waals surface area contributed by atoms with Crippen LogP contribution < -0.4 is 11.1 Å². The van der Waals surface area contributed by atoms with Gasteiger partial charge in [-0.2, -0.15) is 5.10 Å². The lowest BCUT2D eigenvalue weighted by atomic mass is 10.1. The monoisotopic (exact) mass is 266 g/mol. The van der Waals surface area contributed by atoms with Crippen molar-refractivity contribution in [1.82, 2.24) is 15.1 Å². The molecule has 0 radical (unpaired) electrons. The van der Waals surface area contributed by atoms with E-state index in [4.69, 9.17) is 5.73 Å². The highest BCUT2D eigenvalue weighted by Gasteiger charge is 2.13. The summed E-state index contributed by atoms with van der Waals surface area (Å²) in [6, 6.07) is 0. The van der Waals surface area contributed by atoms with Gasteiger partial charge in [-0.3, -0.25) is 9.48 Å². The number of nitrogens with one attached hydrogen (secondary N) is 1. The molecular formula is C14H26N4O. The average Bonchev–Trinajstić information content (AvgIpc) is 2.79. The van der Waals surface area contributed by atoms with Crippen molar-refractivity contribution in [3.05, 3.63) is 11.9 Å². The topological polar surface area (TPSA) is 72.9 Å². The summed E-state index contributed by atoms with van der Waals surface area (Å²) in [5.74, 6) is -0.168. The second-order valence-electron chi connectivity index (χ2n) is 4.81. The smallest absolute Gasteiger partial charge is 0.273 e. The Balaban J connectivity index is 2.22. The third kappa shape index (κ3) is 5.32. The Bertz CT molecular complexity index is 387. The Morgan fingerprint density at radius 1 is 1.26 bits per heavy atom. The molecule has 1 heterocycles. The molecule has 0 aliphatic rings. The number of aryl methyl sites for hydroxylation is 1. The number of anilines is 1. The fourth-order valence-electron chi connectivity index (χ4n) is 1.97. The standard InChI is InChI=1S/C14H26N4O/c1-3-5-6-7-8-9-10-16-14(19)13-12(15)11-18(4-2)17-13/h11H,3-10,15H2,1-2H3,(H,16,19). The first kappa shape index (κ1) is 15.5. The average molecular weight is 266 g/mol. The van der Waals surface area contributed by atoms with Crippen LogP contribution in [-0.4, -0.2) is 22.2 Å². The molecule has 0 saturated heterocycles. The maximum absolute atomic E-state index is 11.9. The number of aromatic nitrogens is 2. The second kappa shape index (κ2) is 8.56. The Hall–Kier alpha value is -1.52. The molecule has 0 unspecified atom stereocenters. The van der Waals surface area contributed by atoms with Gasteiger partial charge < -0.3 is 11.1 Å². The molecule has 108 valence electrons. The van der Waals surface area contributed by atoms with Crippen LogP contribution in [0, 0.1) is 0 Å². The third-order valence-electron chi connectivity index (χ3n) is 3.14. The van der Waals surface area contributed by atoms with E-state index in [9.17, 15) is 4.79 Å². The predicted octanol–water partition coefficient (Wildman–Crippen LogP) is 2.58. The number of nitrogens with zero attached hydrogens (tertiary/aromatic N) is 2. The van der Waals surface area contributed by atoms with E-state index in [1.807, 2.05) is 6.92 Å².